The number of phenolic OH excluding ortho intramolecular Hbond substituents is 2. The van der Waals surface area contributed by atoms with Crippen molar-refractivity contribution < 1.29 is 10.2 Å². The molecule has 25 heavy (non-hydrogen) atoms. The molecule has 0 unspecified atom stereocenters. The molecular formula is C21H26BrNO2. The van der Waals surface area contributed by atoms with Crippen molar-refractivity contribution in [2.45, 2.75) is 51.1 Å². The zero-order valence-corrected chi connectivity index (χ0v) is 16.3. The number of phenols is 2. The van der Waals surface area contributed by atoms with Gasteiger partial charge in [-0.25, -0.2) is 0 Å². The number of likely N-dealkylation sites (tertiary alicyclic amines) is 1. The van der Waals surface area contributed by atoms with E-state index in [4.69, 9.17) is 0 Å². The number of hydrogen-bond acceptors (Lipinski definition) is 3. The summed E-state index contributed by atoms with van der Waals surface area (Å²) in [5, 5.41) is 20.0. The van der Waals surface area contributed by atoms with Gasteiger partial charge in [-0.3, -0.25) is 4.90 Å². The number of hydrogen-bond donors (Lipinski definition) is 2. The second kappa shape index (κ2) is 7.38. The van der Waals surface area contributed by atoms with Gasteiger partial charge < -0.3 is 10.2 Å². The Kier molecular flexibility index (Phi) is 5.40. The van der Waals surface area contributed by atoms with E-state index in [0.717, 1.165) is 31.5 Å². The fourth-order valence-corrected chi connectivity index (χ4v) is 4.66. The SMILES string of the molecule is Br.Cc1cccc(CN2CCC[C@@H]3c4ccc(O)c(O)c4CC[C@H]32)c1. The number of halogens is 1. The predicted molar refractivity (Wildman–Crippen MR) is 106 cm³/mol. The van der Waals surface area contributed by atoms with E-state index in [1.807, 2.05) is 6.07 Å². The van der Waals surface area contributed by atoms with Crippen LogP contribution in [0.2, 0.25) is 0 Å². The van der Waals surface area contributed by atoms with E-state index in [-0.39, 0.29) is 28.5 Å². The van der Waals surface area contributed by atoms with Crippen LogP contribution in [0.5, 0.6) is 11.5 Å². The summed E-state index contributed by atoms with van der Waals surface area (Å²) in [7, 11) is 0. The van der Waals surface area contributed by atoms with Gasteiger partial charge in [-0.05, 0) is 62.3 Å². The molecule has 1 fully saturated rings. The summed E-state index contributed by atoms with van der Waals surface area (Å²) >= 11 is 0. The lowest BCUT2D eigenvalue weighted by Gasteiger charge is -2.45. The second-order valence-corrected chi connectivity index (χ2v) is 7.32. The van der Waals surface area contributed by atoms with Crippen molar-refractivity contribution >= 4 is 17.0 Å². The third-order valence-corrected chi connectivity index (χ3v) is 5.75. The van der Waals surface area contributed by atoms with Gasteiger partial charge in [0.25, 0.3) is 0 Å². The molecular weight excluding hydrogens is 378 g/mol. The summed E-state index contributed by atoms with van der Waals surface area (Å²) in [6.07, 6.45) is 4.27. The van der Waals surface area contributed by atoms with Crippen molar-refractivity contribution in [3.63, 3.8) is 0 Å². The van der Waals surface area contributed by atoms with E-state index in [1.54, 1.807) is 6.07 Å². The first kappa shape index (κ1) is 18.3. The molecule has 1 heterocycles. The van der Waals surface area contributed by atoms with Crippen LogP contribution in [-0.4, -0.2) is 27.7 Å². The van der Waals surface area contributed by atoms with Crippen molar-refractivity contribution in [1.82, 2.24) is 4.90 Å². The molecule has 1 saturated heterocycles. The Morgan fingerprint density at radius 2 is 1.96 bits per heavy atom. The third kappa shape index (κ3) is 3.42. The van der Waals surface area contributed by atoms with Crippen molar-refractivity contribution in [3.05, 3.63) is 58.7 Å². The van der Waals surface area contributed by atoms with Crippen molar-refractivity contribution in [2.24, 2.45) is 0 Å². The van der Waals surface area contributed by atoms with Crippen molar-refractivity contribution in [1.29, 1.82) is 0 Å². The lowest BCUT2D eigenvalue weighted by atomic mass is 9.74. The number of benzene rings is 2. The molecule has 1 aliphatic heterocycles. The monoisotopic (exact) mass is 403 g/mol. The smallest absolute Gasteiger partial charge is 0.160 e. The van der Waals surface area contributed by atoms with Crippen LogP contribution in [0.25, 0.3) is 0 Å². The molecule has 0 radical (unpaired) electrons. The van der Waals surface area contributed by atoms with Crippen LogP contribution in [-0.2, 0) is 13.0 Å². The molecule has 4 heteroatoms. The molecule has 1 aliphatic carbocycles. The second-order valence-electron chi connectivity index (χ2n) is 7.32. The first-order valence-corrected chi connectivity index (χ1v) is 8.97. The summed E-state index contributed by atoms with van der Waals surface area (Å²) in [6, 6.07) is 13.0. The number of fused-ring (bicyclic) bond motifs is 3. The Bertz CT molecular complexity index is 762. The molecule has 0 spiro atoms. The van der Waals surface area contributed by atoms with E-state index in [9.17, 15) is 10.2 Å². The number of aryl methyl sites for hydroxylation is 1. The Labute approximate surface area is 160 Å². The van der Waals surface area contributed by atoms with E-state index in [2.05, 4.69) is 36.1 Å². The van der Waals surface area contributed by atoms with Crippen LogP contribution in [0.4, 0.5) is 0 Å². The number of piperidine rings is 1. The zero-order valence-electron chi connectivity index (χ0n) is 14.6. The highest BCUT2D eigenvalue weighted by atomic mass is 79.9. The topological polar surface area (TPSA) is 43.7 Å². The highest BCUT2D eigenvalue weighted by Gasteiger charge is 2.37. The lowest BCUT2D eigenvalue weighted by molar-refractivity contribution is 0.104. The van der Waals surface area contributed by atoms with E-state index >= 15 is 0 Å². The molecule has 134 valence electrons. The summed E-state index contributed by atoms with van der Waals surface area (Å²) in [4.78, 5) is 2.62. The third-order valence-electron chi connectivity index (χ3n) is 5.75. The van der Waals surface area contributed by atoms with Gasteiger partial charge in [-0.1, -0.05) is 35.9 Å². The summed E-state index contributed by atoms with van der Waals surface area (Å²) in [5.41, 5.74) is 4.91. The van der Waals surface area contributed by atoms with Crippen molar-refractivity contribution in [2.75, 3.05) is 6.54 Å². The molecule has 0 saturated carbocycles. The van der Waals surface area contributed by atoms with Gasteiger partial charge in [0.2, 0.25) is 0 Å². The largest absolute Gasteiger partial charge is 0.504 e. The highest BCUT2D eigenvalue weighted by molar-refractivity contribution is 8.93. The molecule has 2 aliphatic rings. The minimum Gasteiger partial charge on any atom is -0.504 e. The van der Waals surface area contributed by atoms with Gasteiger partial charge >= 0.3 is 0 Å². The molecule has 2 aromatic rings. The van der Waals surface area contributed by atoms with Crippen LogP contribution in [0.1, 0.15) is 47.4 Å². The predicted octanol–water partition coefficient (Wildman–Crippen LogP) is 4.68. The van der Waals surface area contributed by atoms with Gasteiger partial charge in [0.15, 0.2) is 11.5 Å². The Balaban J connectivity index is 0.00000182. The van der Waals surface area contributed by atoms with Gasteiger partial charge in [0.1, 0.15) is 0 Å². The summed E-state index contributed by atoms with van der Waals surface area (Å²) < 4.78 is 0. The highest BCUT2D eigenvalue weighted by Crippen LogP contribution is 2.45. The first-order chi connectivity index (χ1) is 11.6. The minimum atomic E-state index is 0. The first-order valence-electron chi connectivity index (χ1n) is 8.97. The average molecular weight is 404 g/mol. The van der Waals surface area contributed by atoms with E-state index in [0.29, 0.717) is 12.0 Å². The van der Waals surface area contributed by atoms with Crippen molar-refractivity contribution in [3.8, 4) is 11.5 Å². The van der Waals surface area contributed by atoms with Gasteiger partial charge in [-0.2, -0.15) is 0 Å². The van der Waals surface area contributed by atoms with Crippen LogP contribution >= 0.6 is 17.0 Å². The van der Waals surface area contributed by atoms with Gasteiger partial charge in [0.05, 0.1) is 0 Å². The number of rotatable bonds is 2. The normalized spacial score (nSPS) is 22.6. The standard InChI is InChI=1S/C21H25NO2.BrH/c1-14-4-2-5-15(12-14)13-22-11-3-6-17-16-8-10-20(23)21(24)18(16)7-9-19(17)22;/h2,4-5,8,10,12,17,19,23-24H,3,6-7,9,11,13H2,1H3;1H/t17-,19-;/m1./s1. The summed E-state index contributed by atoms with van der Waals surface area (Å²) in [6.45, 7) is 4.30. The summed E-state index contributed by atoms with van der Waals surface area (Å²) in [5.74, 6) is 0.584. The maximum atomic E-state index is 10.2. The van der Waals surface area contributed by atoms with E-state index in [1.165, 1.54) is 29.5 Å². The molecule has 2 N–H and O–H groups in total. The molecule has 4 rings (SSSR count). The lowest BCUT2D eigenvalue weighted by Crippen LogP contribution is -2.45. The molecule has 3 nitrogen and oxygen atoms in total. The van der Waals surface area contributed by atoms with Gasteiger partial charge in [0, 0.05) is 18.2 Å². The average Bonchev–Trinajstić information content (AvgIpc) is 2.58. The number of aromatic hydroxyl groups is 2. The zero-order chi connectivity index (χ0) is 16.7. The molecule has 0 aromatic heterocycles. The minimum absolute atomic E-state index is 0. The maximum Gasteiger partial charge on any atom is 0.160 e. The fraction of sp³-hybridized carbons (Fsp3) is 0.429. The van der Waals surface area contributed by atoms with Crippen LogP contribution in [0.15, 0.2) is 36.4 Å². The van der Waals surface area contributed by atoms with Crippen LogP contribution < -0.4 is 0 Å². The quantitative estimate of drug-likeness (QED) is 0.715. The number of nitrogens with zero attached hydrogens (tertiary/aromatic N) is 1. The van der Waals surface area contributed by atoms with Crippen LogP contribution in [0.3, 0.4) is 0 Å². The fourth-order valence-electron chi connectivity index (χ4n) is 4.66. The Morgan fingerprint density at radius 3 is 2.76 bits per heavy atom. The molecule has 2 atom stereocenters. The Morgan fingerprint density at radius 1 is 1.12 bits per heavy atom. The maximum absolute atomic E-state index is 10.2. The van der Waals surface area contributed by atoms with Gasteiger partial charge in [-0.15, -0.1) is 17.0 Å². The Hall–Kier alpha value is -1.52. The molecule has 0 amide bonds. The molecule has 2 aromatic carbocycles. The molecule has 0 bridgehead atoms. The van der Waals surface area contributed by atoms with E-state index < -0.39 is 0 Å². The van der Waals surface area contributed by atoms with Crippen LogP contribution in [0, 0.1) is 6.92 Å².